The van der Waals surface area contributed by atoms with E-state index in [1.54, 1.807) is 0 Å². The van der Waals surface area contributed by atoms with Crippen molar-refractivity contribution in [3.05, 3.63) is 52.9 Å². The number of aromatic nitrogens is 1. The molecule has 2 rings (SSSR count). The van der Waals surface area contributed by atoms with Gasteiger partial charge >= 0.3 is 0 Å². The molecular weight excluding hydrogens is 259 g/mol. The SMILES string of the molecule is O=C(Nc1ncccc1O)c1cc(Cl)ccc1F. The number of carbonyl (C=O) groups is 1. The first-order valence-electron chi connectivity index (χ1n) is 4.98. The Morgan fingerprint density at radius 1 is 1.39 bits per heavy atom. The highest BCUT2D eigenvalue weighted by atomic mass is 35.5. The molecule has 0 fully saturated rings. The number of aromatic hydroxyl groups is 1. The molecule has 1 aromatic carbocycles. The number of nitrogens with one attached hydrogen (secondary N) is 1. The van der Waals surface area contributed by atoms with Crippen molar-refractivity contribution >= 4 is 23.3 Å². The van der Waals surface area contributed by atoms with Crippen molar-refractivity contribution in [2.45, 2.75) is 0 Å². The molecule has 6 heteroatoms. The number of rotatable bonds is 2. The summed E-state index contributed by atoms with van der Waals surface area (Å²) >= 11 is 5.68. The summed E-state index contributed by atoms with van der Waals surface area (Å²) in [5.74, 6) is -1.67. The quantitative estimate of drug-likeness (QED) is 0.879. The van der Waals surface area contributed by atoms with Crippen LogP contribution in [0.15, 0.2) is 36.5 Å². The van der Waals surface area contributed by atoms with Crippen LogP contribution in [0.2, 0.25) is 5.02 Å². The van der Waals surface area contributed by atoms with E-state index < -0.39 is 11.7 Å². The molecule has 18 heavy (non-hydrogen) atoms. The normalized spacial score (nSPS) is 10.1. The van der Waals surface area contributed by atoms with E-state index in [1.807, 2.05) is 0 Å². The topological polar surface area (TPSA) is 62.2 Å². The van der Waals surface area contributed by atoms with E-state index in [2.05, 4.69) is 10.3 Å². The van der Waals surface area contributed by atoms with Gasteiger partial charge in [0.15, 0.2) is 11.6 Å². The van der Waals surface area contributed by atoms with E-state index in [0.29, 0.717) is 0 Å². The first-order valence-corrected chi connectivity index (χ1v) is 5.36. The molecule has 0 aliphatic rings. The summed E-state index contributed by atoms with van der Waals surface area (Å²) in [6, 6.07) is 6.50. The maximum atomic E-state index is 13.4. The van der Waals surface area contributed by atoms with Gasteiger partial charge in [0.05, 0.1) is 5.56 Å². The summed E-state index contributed by atoms with van der Waals surface area (Å²) in [5, 5.41) is 12.0. The minimum absolute atomic E-state index is 0.0399. The van der Waals surface area contributed by atoms with Crippen LogP contribution in [-0.4, -0.2) is 16.0 Å². The highest BCUT2D eigenvalue weighted by Crippen LogP contribution is 2.21. The number of carbonyl (C=O) groups excluding carboxylic acids is 1. The maximum absolute atomic E-state index is 13.4. The molecule has 0 radical (unpaired) electrons. The van der Waals surface area contributed by atoms with E-state index in [0.717, 1.165) is 6.07 Å². The average molecular weight is 267 g/mol. The summed E-state index contributed by atoms with van der Waals surface area (Å²) in [4.78, 5) is 15.5. The monoisotopic (exact) mass is 266 g/mol. The van der Waals surface area contributed by atoms with Gasteiger partial charge in [0, 0.05) is 11.2 Å². The van der Waals surface area contributed by atoms with Gasteiger partial charge in [-0.05, 0) is 30.3 Å². The number of halogens is 2. The Morgan fingerprint density at radius 2 is 2.17 bits per heavy atom. The van der Waals surface area contributed by atoms with E-state index in [-0.39, 0.29) is 22.2 Å². The van der Waals surface area contributed by atoms with Crippen LogP contribution in [0.4, 0.5) is 10.2 Å². The van der Waals surface area contributed by atoms with Gasteiger partial charge in [0.2, 0.25) is 0 Å². The van der Waals surface area contributed by atoms with E-state index >= 15 is 0 Å². The maximum Gasteiger partial charge on any atom is 0.259 e. The molecule has 0 saturated heterocycles. The molecular formula is C12H8ClFN2O2. The van der Waals surface area contributed by atoms with Crippen LogP contribution in [-0.2, 0) is 0 Å². The fourth-order valence-electron chi connectivity index (χ4n) is 1.34. The van der Waals surface area contributed by atoms with Crippen LogP contribution in [0.25, 0.3) is 0 Å². The van der Waals surface area contributed by atoms with Gasteiger partial charge in [-0.3, -0.25) is 4.79 Å². The van der Waals surface area contributed by atoms with Crippen LogP contribution in [0.5, 0.6) is 5.75 Å². The Bertz CT molecular complexity index is 604. The third-order valence-electron chi connectivity index (χ3n) is 2.19. The zero-order valence-electron chi connectivity index (χ0n) is 9.02. The van der Waals surface area contributed by atoms with Gasteiger partial charge in [-0.1, -0.05) is 11.6 Å². The predicted octanol–water partition coefficient (Wildman–Crippen LogP) is 2.83. The Labute approximate surface area is 107 Å². The third-order valence-corrected chi connectivity index (χ3v) is 2.43. The van der Waals surface area contributed by atoms with Crippen LogP contribution in [0.3, 0.4) is 0 Å². The molecule has 0 spiro atoms. The first-order chi connectivity index (χ1) is 8.58. The standard InChI is InChI=1S/C12H8ClFN2O2/c13-7-3-4-9(14)8(6-7)12(18)16-11-10(17)2-1-5-15-11/h1-6,17H,(H,15,16,18). The van der Waals surface area contributed by atoms with Gasteiger partial charge < -0.3 is 10.4 Å². The minimum atomic E-state index is -0.732. The first kappa shape index (κ1) is 12.3. The van der Waals surface area contributed by atoms with Crippen molar-refractivity contribution in [3.63, 3.8) is 0 Å². The lowest BCUT2D eigenvalue weighted by Crippen LogP contribution is -2.14. The Morgan fingerprint density at radius 3 is 2.89 bits per heavy atom. The molecule has 0 saturated carbocycles. The second-order valence-corrected chi connectivity index (χ2v) is 3.89. The molecule has 1 heterocycles. The lowest BCUT2D eigenvalue weighted by atomic mass is 10.2. The van der Waals surface area contributed by atoms with Crippen LogP contribution in [0.1, 0.15) is 10.4 Å². The number of nitrogens with zero attached hydrogens (tertiary/aromatic N) is 1. The van der Waals surface area contributed by atoms with Crippen LogP contribution >= 0.6 is 11.6 Å². The number of hydrogen-bond donors (Lipinski definition) is 2. The predicted molar refractivity (Wildman–Crippen MR) is 65.3 cm³/mol. The molecule has 92 valence electrons. The molecule has 2 N–H and O–H groups in total. The van der Waals surface area contributed by atoms with Crippen molar-refractivity contribution < 1.29 is 14.3 Å². The average Bonchev–Trinajstić information content (AvgIpc) is 2.35. The Hall–Kier alpha value is -2.14. The van der Waals surface area contributed by atoms with Gasteiger partial charge in [-0.25, -0.2) is 9.37 Å². The van der Waals surface area contributed by atoms with Crippen molar-refractivity contribution in [2.24, 2.45) is 0 Å². The number of amides is 1. The van der Waals surface area contributed by atoms with Gasteiger partial charge in [-0.2, -0.15) is 0 Å². The third kappa shape index (κ3) is 2.57. The van der Waals surface area contributed by atoms with Crippen molar-refractivity contribution in [2.75, 3.05) is 5.32 Å². The molecule has 0 aliphatic carbocycles. The van der Waals surface area contributed by atoms with E-state index in [4.69, 9.17) is 11.6 Å². The molecule has 2 aromatic rings. The fourth-order valence-corrected chi connectivity index (χ4v) is 1.51. The largest absolute Gasteiger partial charge is 0.504 e. The highest BCUT2D eigenvalue weighted by Gasteiger charge is 2.14. The molecule has 1 amide bonds. The van der Waals surface area contributed by atoms with Crippen LogP contribution in [0, 0.1) is 5.82 Å². The molecule has 0 unspecified atom stereocenters. The van der Waals surface area contributed by atoms with E-state index in [9.17, 15) is 14.3 Å². The summed E-state index contributed by atoms with van der Waals surface area (Å²) in [6.45, 7) is 0. The highest BCUT2D eigenvalue weighted by molar-refractivity contribution is 6.31. The van der Waals surface area contributed by atoms with E-state index in [1.165, 1.54) is 30.5 Å². The molecule has 0 aliphatic heterocycles. The summed E-state index contributed by atoms with van der Waals surface area (Å²) in [6.07, 6.45) is 1.39. The Balaban J connectivity index is 2.28. The van der Waals surface area contributed by atoms with Gasteiger partial charge in [-0.15, -0.1) is 0 Å². The number of pyridine rings is 1. The minimum Gasteiger partial charge on any atom is -0.504 e. The summed E-state index contributed by atoms with van der Waals surface area (Å²) < 4.78 is 13.4. The Kier molecular flexibility index (Phi) is 3.43. The zero-order valence-corrected chi connectivity index (χ0v) is 9.78. The fraction of sp³-hybridized carbons (Fsp3) is 0. The van der Waals surface area contributed by atoms with Gasteiger partial charge in [0.1, 0.15) is 5.82 Å². The van der Waals surface area contributed by atoms with Crippen molar-refractivity contribution in [1.82, 2.24) is 4.98 Å². The van der Waals surface area contributed by atoms with Crippen LogP contribution < -0.4 is 5.32 Å². The van der Waals surface area contributed by atoms with Gasteiger partial charge in [0.25, 0.3) is 5.91 Å². The number of anilines is 1. The lowest BCUT2D eigenvalue weighted by molar-refractivity contribution is 0.102. The number of benzene rings is 1. The second-order valence-electron chi connectivity index (χ2n) is 3.45. The zero-order chi connectivity index (χ0) is 13.1. The smallest absolute Gasteiger partial charge is 0.259 e. The van der Waals surface area contributed by atoms with Crippen molar-refractivity contribution in [1.29, 1.82) is 0 Å². The summed E-state index contributed by atoms with van der Waals surface area (Å²) in [7, 11) is 0. The van der Waals surface area contributed by atoms with Crippen molar-refractivity contribution in [3.8, 4) is 5.75 Å². The molecule has 1 aromatic heterocycles. The number of hydrogen-bond acceptors (Lipinski definition) is 3. The molecule has 4 nitrogen and oxygen atoms in total. The summed E-state index contributed by atoms with van der Waals surface area (Å²) in [5.41, 5.74) is -0.215. The molecule has 0 bridgehead atoms. The second kappa shape index (κ2) is 5.01. The molecule has 0 atom stereocenters. The lowest BCUT2D eigenvalue weighted by Gasteiger charge is -2.06.